The maximum absolute atomic E-state index is 13.0. The third kappa shape index (κ3) is 3.89. The average Bonchev–Trinajstić information content (AvgIpc) is 2.97. The van der Waals surface area contributed by atoms with Gasteiger partial charge in [0.15, 0.2) is 15.0 Å². The zero-order valence-electron chi connectivity index (χ0n) is 13.6. The van der Waals surface area contributed by atoms with Gasteiger partial charge in [-0.05, 0) is 18.2 Å². The molecule has 6 nitrogen and oxygen atoms in total. The molecule has 1 amide bonds. The van der Waals surface area contributed by atoms with Gasteiger partial charge < -0.3 is 9.64 Å². The Labute approximate surface area is 152 Å². The molecule has 0 aromatic heterocycles. The summed E-state index contributed by atoms with van der Waals surface area (Å²) in [5, 5.41) is -0.195. The van der Waals surface area contributed by atoms with Gasteiger partial charge in [-0.1, -0.05) is 17.8 Å². The number of alkyl halides is 3. The number of nitrogens with zero attached hydrogens (tertiary/aromatic N) is 2. The average molecular weight is 408 g/mol. The molecule has 1 aromatic carbocycles. The third-order valence-electron chi connectivity index (χ3n) is 4.01. The molecule has 2 aliphatic rings. The van der Waals surface area contributed by atoms with E-state index in [2.05, 4.69) is 4.99 Å². The number of ether oxygens (including phenoxy) is 1. The van der Waals surface area contributed by atoms with Crippen LogP contribution in [-0.4, -0.2) is 56.0 Å². The van der Waals surface area contributed by atoms with Gasteiger partial charge in [-0.15, -0.1) is 0 Å². The second-order valence-electron chi connectivity index (χ2n) is 5.94. The quantitative estimate of drug-likeness (QED) is 0.761. The molecule has 3 rings (SSSR count). The number of anilines is 1. The number of aliphatic imine (C=N–C) groups is 1. The Bertz CT molecular complexity index is 855. The molecule has 2 saturated heterocycles. The van der Waals surface area contributed by atoms with Crippen molar-refractivity contribution in [1.29, 1.82) is 0 Å². The molecule has 2 fully saturated rings. The van der Waals surface area contributed by atoms with Gasteiger partial charge >= 0.3 is 6.18 Å². The van der Waals surface area contributed by atoms with Crippen molar-refractivity contribution < 1.29 is 31.1 Å². The highest BCUT2D eigenvalue weighted by Crippen LogP contribution is 2.42. The summed E-state index contributed by atoms with van der Waals surface area (Å²) >= 11 is 1.09. The Hall–Kier alpha value is -1.59. The molecule has 2 atom stereocenters. The summed E-state index contributed by atoms with van der Waals surface area (Å²) in [6.45, 7) is -0.270. The summed E-state index contributed by atoms with van der Waals surface area (Å²) in [6, 6.07) is 3.99. The highest BCUT2D eigenvalue weighted by Gasteiger charge is 2.49. The second kappa shape index (κ2) is 6.86. The fourth-order valence-corrected chi connectivity index (χ4v) is 6.89. The van der Waals surface area contributed by atoms with Crippen LogP contribution in [0.15, 0.2) is 29.3 Å². The number of amides is 1. The Kier molecular flexibility index (Phi) is 5.06. The standard InChI is InChI=1S/C15H15F3N2O4S2/c1-24-6-13(21)19-14-20(11-7-26(22,23)8-12(11)25-14)10-4-2-3-9(5-10)15(16,17)18/h2-5,11-12H,6-8H2,1H3/t11-,12+/m0/s1. The van der Waals surface area contributed by atoms with Crippen LogP contribution in [0.1, 0.15) is 5.56 Å². The molecule has 11 heteroatoms. The van der Waals surface area contributed by atoms with Crippen LogP contribution in [0.2, 0.25) is 0 Å². The predicted molar refractivity (Wildman–Crippen MR) is 92.1 cm³/mol. The van der Waals surface area contributed by atoms with E-state index < -0.39 is 33.5 Å². The maximum Gasteiger partial charge on any atom is 0.416 e. The number of rotatable bonds is 3. The number of fused-ring (bicyclic) bond motifs is 1. The number of halogens is 3. The van der Waals surface area contributed by atoms with Crippen molar-refractivity contribution in [2.45, 2.75) is 17.5 Å². The molecule has 2 heterocycles. The van der Waals surface area contributed by atoms with Crippen LogP contribution in [0.3, 0.4) is 0 Å². The van der Waals surface area contributed by atoms with Gasteiger partial charge in [-0.3, -0.25) is 4.79 Å². The van der Waals surface area contributed by atoms with E-state index in [4.69, 9.17) is 4.74 Å². The van der Waals surface area contributed by atoms with E-state index in [0.29, 0.717) is 0 Å². The molecular weight excluding hydrogens is 393 g/mol. The first-order valence-corrected chi connectivity index (χ1v) is 10.2. The fraction of sp³-hybridized carbons (Fsp3) is 0.467. The molecule has 142 valence electrons. The van der Waals surface area contributed by atoms with E-state index in [0.717, 1.165) is 23.9 Å². The van der Waals surface area contributed by atoms with Crippen LogP contribution in [0, 0.1) is 0 Å². The minimum atomic E-state index is -4.53. The summed E-state index contributed by atoms with van der Waals surface area (Å²) in [7, 11) is -1.97. The lowest BCUT2D eigenvalue weighted by Crippen LogP contribution is -2.38. The van der Waals surface area contributed by atoms with Crippen molar-refractivity contribution >= 4 is 38.4 Å². The lowest BCUT2D eigenvalue weighted by Gasteiger charge is -2.25. The molecule has 1 aromatic rings. The number of methoxy groups -OCH3 is 1. The lowest BCUT2D eigenvalue weighted by molar-refractivity contribution is -0.137. The molecule has 26 heavy (non-hydrogen) atoms. The van der Waals surface area contributed by atoms with Crippen molar-refractivity contribution in [2.24, 2.45) is 4.99 Å². The number of hydrogen-bond donors (Lipinski definition) is 0. The molecular formula is C15H15F3N2O4S2. The topological polar surface area (TPSA) is 76.0 Å². The summed E-state index contributed by atoms with van der Waals surface area (Å²) in [5.41, 5.74) is -0.701. The van der Waals surface area contributed by atoms with Gasteiger partial charge in [0.2, 0.25) is 0 Å². The van der Waals surface area contributed by atoms with Crippen LogP contribution < -0.4 is 4.90 Å². The highest BCUT2D eigenvalue weighted by atomic mass is 32.2. The van der Waals surface area contributed by atoms with Gasteiger partial charge in [0.05, 0.1) is 23.1 Å². The summed E-state index contributed by atoms with van der Waals surface area (Å²) in [4.78, 5) is 17.1. The number of carbonyl (C=O) groups is 1. The second-order valence-corrected chi connectivity index (χ2v) is 9.30. The SMILES string of the molecule is COCC(=O)N=C1S[C@@H]2CS(=O)(=O)C[C@@H]2N1c1cccc(C(F)(F)F)c1. The summed E-state index contributed by atoms with van der Waals surface area (Å²) in [6.07, 6.45) is -4.53. The van der Waals surface area contributed by atoms with Crippen LogP contribution in [-0.2, 0) is 25.5 Å². The van der Waals surface area contributed by atoms with Crippen molar-refractivity contribution in [3.63, 3.8) is 0 Å². The van der Waals surface area contributed by atoms with Crippen LogP contribution in [0.25, 0.3) is 0 Å². The molecule has 0 saturated carbocycles. The van der Waals surface area contributed by atoms with Gasteiger partial charge in [-0.25, -0.2) is 8.42 Å². The zero-order chi connectivity index (χ0) is 19.1. The van der Waals surface area contributed by atoms with Crippen molar-refractivity contribution in [3.05, 3.63) is 29.8 Å². The molecule has 0 spiro atoms. The third-order valence-corrected chi connectivity index (χ3v) is 7.22. The fourth-order valence-electron chi connectivity index (χ4n) is 2.96. The van der Waals surface area contributed by atoms with Gasteiger partial charge in [-0.2, -0.15) is 18.2 Å². The molecule has 2 aliphatic heterocycles. The van der Waals surface area contributed by atoms with E-state index in [1.807, 2.05) is 0 Å². The van der Waals surface area contributed by atoms with E-state index in [1.165, 1.54) is 24.1 Å². The smallest absolute Gasteiger partial charge is 0.375 e. The predicted octanol–water partition coefficient (Wildman–Crippen LogP) is 1.95. The van der Waals surface area contributed by atoms with Crippen molar-refractivity contribution in [2.75, 3.05) is 30.1 Å². The number of carbonyl (C=O) groups excluding carboxylic acids is 1. The first-order valence-electron chi connectivity index (χ1n) is 7.55. The summed E-state index contributed by atoms with van der Waals surface area (Å²) in [5.74, 6) is -0.886. The minimum absolute atomic E-state index is 0.102. The van der Waals surface area contributed by atoms with Crippen LogP contribution >= 0.6 is 11.8 Å². The molecule has 0 N–H and O–H groups in total. The van der Waals surface area contributed by atoms with Gasteiger partial charge in [0, 0.05) is 18.0 Å². The van der Waals surface area contributed by atoms with E-state index >= 15 is 0 Å². The lowest BCUT2D eigenvalue weighted by atomic mass is 10.1. The maximum atomic E-state index is 13.0. The Morgan fingerprint density at radius 1 is 1.38 bits per heavy atom. The van der Waals surface area contributed by atoms with Crippen LogP contribution in [0.4, 0.5) is 18.9 Å². The van der Waals surface area contributed by atoms with E-state index in [9.17, 15) is 26.4 Å². The van der Waals surface area contributed by atoms with Crippen LogP contribution in [0.5, 0.6) is 0 Å². The van der Waals surface area contributed by atoms with E-state index in [1.54, 1.807) is 0 Å². The molecule has 0 bridgehead atoms. The number of amidine groups is 1. The van der Waals surface area contributed by atoms with Gasteiger partial charge in [0.1, 0.15) is 6.61 Å². The monoisotopic (exact) mass is 408 g/mol. The first-order chi connectivity index (χ1) is 12.1. The number of sulfone groups is 1. The molecule has 0 aliphatic carbocycles. The number of hydrogen-bond acceptors (Lipinski definition) is 5. The largest absolute Gasteiger partial charge is 0.416 e. The van der Waals surface area contributed by atoms with Gasteiger partial charge in [0.25, 0.3) is 5.91 Å². The Balaban J connectivity index is 2.02. The van der Waals surface area contributed by atoms with Crippen molar-refractivity contribution in [1.82, 2.24) is 0 Å². The van der Waals surface area contributed by atoms with Crippen molar-refractivity contribution in [3.8, 4) is 0 Å². The number of benzene rings is 1. The Morgan fingerprint density at radius 3 is 2.77 bits per heavy atom. The highest BCUT2D eigenvalue weighted by molar-refractivity contribution is 8.16. The summed E-state index contributed by atoms with van der Waals surface area (Å²) < 4.78 is 67.7. The normalized spacial score (nSPS) is 26.3. The zero-order valence-corrected chi connectivity index (χ0v) is 15.2. The first kappa shape index (κ1) is 19.2. The molecule has 0 unspecified atom stereocenters. The van der Waals surface area contributed by atoms with E-state index in [-0.39, 0.29) is 34.2 Å². The number of thioether (sulfide) groups is 1. The minimum Gasteiger partial charge on any atom is -0.375 e. The molecule has 0 radical (unpaired) electrons. The Morgan fingerprint density at radius 2 is 2.12 bits per heavy atom.